The number of hydrogen-bond donors (Lipinski definition) is 0. The molecule has 5 nitrogen and oxygen atoms in total. The number of esters is 1. The maximum Gasteiger partial charge on any atom is 0.416 e. The molecule has 230 valence electrons. The van der Waals surface area contributed by atoms with Crippen LogP contribution in [0.4, 0.5) is 26.3 Å². The van der Waals surface area contributed by atoms with Gasteiger partial charge in [0.05, 0.1) is 32.3 Å². The summed E-state index contributed by atoms with van der Waals surface area (Å²) in [4.78, 5) is 32.2. The van der Waals surface area contributed by atoms with E-state index in [0.717, 1.165) is 0 Å². The Morgan fingerprint density at radius 1 is 0.886 bits per heavy atom. The summed E-state index contributed by atoms with van der Waals surface area (Å²) in [6.45, 7) is -0.0997. The second kappa shape index (κ2) is 12.3. The van der Waals surface area contributed by atoms with E-state index in [-0.39, 0.29) is 47.5 Å². The Balaban J connectivity index is 1.45. The van der Waals surface area contributed by atoms with Crippen LogP contribution in [0.5, 0.6) is 0 Å². The van der Waals surface area contributed by atoms with Gasteiger partial charge in [0.2, 0.25) is 0 Å². The third-order valence-electron chi connectivity index (χ3n) is 7.36. The van der Waals surface area contributed by atoms with E-state index in [9.17, 15) is 35.9 Å². The molecule has 2 heterocycles. The normalized spacial score (nSPS) is 17.5. The van der Waals surface area contributed by atoms with Gasteiger partial charge in [0.25, 0.3) is 5.91 Å². The van der Waals surface area contributed by atoms with Crippen LogP contribution in [0, 0.1) is 0 Å². The molecule has 2 atom stereocenters. The highest BCUT2D eigenvalue weighted by molar-refractivity contribution is 6.42. The first-order valence-corrected chi connectivity index (χ1v) is 14.1. The molecule has 4 aromatic rings. The topological polar surface area (TPSA) is 59.5 Å². The monoisotopic (exact) mass is 654 g/mol. The summed E-state index contributed by atoms with van der Waals surface area (Å²) in [5.41, 5.74) is -2.48. The summed E-state index contributed by atoms with van der Waals surface area (Å²) >= 11 is 12.2. The van der Waals surface area contributed by atoms with Gasteiger partial charge in [0, 0.05) is 42.6 Å². The first-order valence-electron chi connectivity index (χ1n) is 13.3. The van der Waals surface area contributed by atoms with Crippen LogP contribution < -0.4 is 0 Å². The number of amides is 1. The molecule has 0 radical (unpaired) electrons. The Hall–Kier alpha value is -3.83. The number of para-hydroxylation sites is 1. The van der Waals surface area contributed by atoms with Crippen molar-refractivity contribution in [2.75, 3.05) is 6.54 Å². The van der Waals surface area contributed by atoms with Crippen molar-refractivity contribution in [1.82, 2.24) is 9.88 Å². The smallest absolute Gasteiger partial charge is 0.416 e. The van der Waals surface area contributed by atoms with E-state index in [0.29, 0.717) is 28.6 Å². The number of carbonyl (C=O) groups excluding carboxylic acids is 2. The van der Waals surface area contributed by atoms with E-state index < -0.39 is 53.1 Å². The Kier molecular flexibility index (Phi) is 8.82. The molecule has 1 amide bonds. The van der Waals surface area contributed by atoms with E-state index in [1.807, 2.05) is 0 Å². The first-order chi connectivity index (χ1) is 20.7. The molecule has 0 N–H and O–H groups in total. The van der Waals surface area contributed by atoms with Crippen molar-refractivity contribution in [3.63, 3.8) is 0 Å². The zero-order valence-corrected chi connectivity index (χ0v) is 24.1. The van der Waals surface area contributed by atoms with Gasteiger partial charge >= 0.3 is 18.3 Å². The van der Waals surface area contributed by atoms with E-state index in [1.54, 1.807) is 36.4 Å². The van der Waals surface area contributed by atoms with E-state index >= 15 is 0 Å². The fourth-order valence-corrected chi connectivity index (χ4v) is 5.57. The molecule has 1 saturated heterocycles. The number of rotatable bonds is 5. The van der Waals surface area contributed by atoms with Crippen molar-refractivity contribution < 1.29 is 40.7 Å². The number of pyridine rings is 1. The molecule has 1 aromatic heterocycles. The first kappa shape index (κ1) is 31.6. The van der Waals surface area contributed by atoms with Gasteiger partial charge in [-0.15, -0.1) is 0 Å². The molecule has 44 heavy (non-hydrogen) atoms. The molecule has 5 rings (SSSR count). The lowest BCUT2D eigenvalue weighted by molar-refractivity contribution is -0.143. The predicted octanol–water partition coefficient (Wildman–Crippen LogP) is 8.65. The average molecular weight is 655 g/mol. The van der Waals surface area contributed by atoms with Crippen molar-refractivity contribution in [3.05, 3.63) is 111 Å². The van der Waals surface area contributed by atoms with Crippen LogP contribution in [-0.2, 0) is 23.5 Å². The van der Waals surface area contributed by atoms with E-state index in [4.69, 9.17) is 27.9 Å². The lowest BCUT2D eigenvalue weighted by Crippen LogP contribution is -2.49. The third-order valence-corrected chi connectivity index (χ3v) is 8.10. The minimum absolute atomic E-state index is 0.0293. The number of hydrogen-bond acceptors (Lipinski definition) is 4. The highest BCUT2D eigenvalue weighted by atomic mass is 35.5. The number of nitrogens with zero attached hydrogens (tertiary/aromatic N) is 2. The number of ether oxygens (including phenoxy) is 1. The number of alkyl halides is 6. The van der Waals surface area contributed by atoms with Crippen LogP contribution in [-0.4, -0.2) is 40.5 Å². The van der Waals surface area contributed by atoms with Crippen molar-refractivity contribution in [2.45, 2.75) is 43.8 Å². The summed E-state index contributed by atoms with van der Waals surface area (Å²) in [6, 6.07) is 13.2. The Morgan fingerprint density at radius 2 is 1.57 bits per heavy atom. The Bertz CT molecular complexity index is 1690. The lowest BCUT2D eigenvalue weighted by Gasteiger charge is -2.39. The van der Waals surface area contributed by atoms with Gasteiger partial charge in [0.1, 0.15) is 6.10 Å². The summed E-state index contributed by atoms with van der Waals surface area (Å²) in [5, 5.41) is 1.06. The molecule has 13 heteroatoms. The van der Waals surface area contributed by atoms with Gasteiger partial charge in [-0.3, -0.25) is 9.78 Å². The molecule has 0 bridgehead atoms. The van der Waals surface area contributed by atoms with Crippen molar-refractivity contribution in [3.8, 4) is 0 Å². The number of halogens is 8. The molecule has 0 aliphatic carbocycles. The molecule has 0 unspecified atom stereocenters. The molecule has 0 spiro atoms. The SMILES string of the molecule is O=C(O[C@H]1CCN(C(=O)c2cc(C(F)(F)F)cc(C(F)(F)F)c2)[C@H](Cc2ccc(Cl)c(Cl)c2)C1)c1ccnc2ccccc12. The number of benzene rings is 3. The van der Waals surface area contributed by atoms with Crippen LogP contribution in [0.25, 0.3) is 10.9 Å². The molecule has 0 saturated carbocycles. The number of piperidine rings is 1. The fourth-order valence-electron chi connectivity index (χ4n) is 5.25. The highest BCUT2D eigenvalue weighted by Gasteiger charge is 2.40. The zero-order valence-electron chi connectivity index (χ0n) is 22.6. The minimum atomic E-state index is -5.12. The Labute approximate surface area is 257 Å². The summed E-state index contributed by atoms with van der Waals surface area (Å²) in [6.07, 6.45) is -9.20. The van der Waals surface area contributed by atoms with Crippen LogP contribution in [0.2, 0.25) is 10.0 Å². The van der Waals surface area contributed by atoms with Crippen LogP contribution in [0.1, 0.15) is 50.2 Å². The van der Waals surface area contributed by atoms with Crippen LogP contribution in [0.15, 0.2) is 72.9 Å². The second-order valence-electron chi connectivity index (χ2n) is 10.3. The predicted molar refractivity (Wildman–Crippen MR) is 152 cm³/mol. The third kappa shape index (κ3) is 6.94. The number of likely N-dealkylation sites (tertiary alicyclic amines) is 1. The van der Waals surface area contributed by atoms with E-state index in [2.05, 4.69) is 4.98 Å². The quantitative estimate of drug-likeness (QED) is 0.160. The van der Waals surface area contributed by atoms with Crippen molar-refractivity contribution >= 4 is 46.0 Å². The van der Waals surface area contributed by atoms with Gasteiger partial charge in [-0.25, -0.2) is 4.79 Å². The summed E-state index contributed by atoms with van der Waals surface area (Å²) in [5.74, 6) is -1.65. The molecular weight excluding hydrogens is 633 g/mol. The maximum atomic E-state index is 13.6. The van der Waals surface area contributed by atoms with Gasteiger partial charge in [-0.1, -0.05) is 47.5 Å². The summed E-state index contributed by atoms with van der Waals surface area (Å²) < 4.78 is 86.9. The maximum absolute atomic E-state index is 13.6. The summed E-state index contributed by atoms with van der Waals surface area (Å²) in [7, 11) is 0. The number of carbonyl (C=O) groups is 2. The van der Waals surface area contributed by atoms with Crippen LogP contribution >= 0.6 is 23.2 Å². The molecule has 1 aliphatic rings. The molecule has 1 fully saturated rings. The number of aromatic nitrogens is 1. The van der Waals surface area contributed by atoms with Crippen molar-refractivity contribution in [2.24, 2.45) is 0 Å². The lowest BCUT2D eigenvalue weighted by atomic mass is 9.92. The van der Waals surface area contributed by atoms with Gasteiger partial charge in [-0.2, -0.15) is 26.3 Å². The highest BCUT2D eigenvalue weighted by Crippen LogP contribution is 2.37. The number of fused-ring (bicyclic) bond motifs is 1. The Morgan fingerprint density at radius 3 is 2.23 bits per heavy atom. The largest absolute Gasteiger partial charge is 0.459 e. The zero-order chi connectivity index (χ0) is 31.8. The van der Waals surface area contributed by atoms with Crippen LogP contribution in [0.3, 0.4) is 0 Å². The van der Waals surface area contributed by atoms with Gasteiger partial charge in [-0.05, 0) is 54.4 Å². The van der Waals surface area contributed by atoms with Gasteiger partial charge < -0.3 is 9.64 Å². The van der Waals surface area contributed by atoms with Crippen molar-refractivity contribution in [1.29, 1.82) is 0 Å². The minimum Gasteiger partial charge on any atom is -0.459 e. The molecular formula is C31H22Cl2F6N2O3. The molecule has 1 aliphatic heterocycles. The second-order valence-corrected chi connectivity index (χ2v) is 11.1. The average Bonchev–Trinajstić information content (AvgIpc) is 2.97. The molecule has 3 aromatic carbocycles. The van der Waals surface area contributed by atoms with Gasteiger partial charge in [0.15, 0.2) is 0 Å². The van der Waals surface area contributed by atoms with E-state index in [1.165, 1.54) is 23.2 Å². The fraction of sp³-hybridized carbons (Fsp3) is 0.258. The standard InChI is InChI=1S/C31H22Cl2F6N2O3/c32-25-6-5-17(12-26(25)33)11-21-16-22(44-29(43)24-7-9-40-27-4-2-1-3-23(24)27)8-10-41(21)28(42)18-13-19(30(34,35)36)15-20(14-18)31(37,38)39/h1-7,9,12-15,21-22H,8,10-11,16H2/t21-,22+/m1/s1.